The Labute approximate surface area is 72.0 Å². The highest BCUT2D eigenvalue weighted by molar-refractivity contribution is 7.72. The SMILES string of the molecule is CC(c1cccc(F)c1)[SH](=O)=O. The van der Waals surface area contributed by atoms with Gasteiger partial charge in [-0.25, -0.2) is 12.8 Å². The maximum absolute atomic E-state index is 12.6. The van der Waals surface area contributed by atoms with Gasteiger partial charge in [-0.15, -0.1) is 0 Å². The van der Waals surface area contributed by atoms with Gasteiger partial charge in [-0.2, -0.15) is 0 Å². The number of hydrogen-bond donors (Lipinski definition) is 1. The van der Waals surface area contributed by atoms with Gasteiger partial charge in [0.1, 0.15) is 16.5 Å². The lowest BCUT2D eigenvalue weighted by molar-refractivity contribution is 0.604. The highest BCUT2D eigenvalue weighted by Crippen LogP contribution is 2.16. The van der Waals surface area contributed by atoms with Gasteiger partial charge in [-0.1, -0.05) is 12.1 Å². The maximum Gasteiger partial charge on any atom is 0.146 e. The van der Waals surface area contributed by atoms with E-state index in [1.165, 1.54) is 25.1 Å². The number of benzene rings is 1. The minimum absolute atomic E-state index is 0.406. The summed E-state index contributed by atoms with van der Waals surface area (Å²) in [6.45, 7) is 1.53. The Kier molecular flexibility index (Phi) is 2.81. The lowest BCUT2D eigenvalue weighted by atomic mass is 10.2. The third kappa shape index (κ3) is 2.04. The Morgan fingerprint density at radius 2 is 2.08 bits per heavy atom. The van der Waals surface area contributed by atoms with Crippen LogP contribution >= 0.6 is 0 Å². The van der Waals surface area contributed by atoms with Crippen LogP contribution in [0, 0.1) is 5.82 Å². The summed E-state index contributed by atoms with van der Waals surface area (Å²) in [5.74, 6) is -0.406. The molecule has 0 spiro atoms. The molecule has 1 atom stereocenters. The maximum atomic E-state index is 12.6. The molecule has 0 saturated carbocycles. The van der Waals surface area contributed by atoms with E-state index in [4.69, 9.17) is 0 Å². The Balaban J connectivity index is 3.03. The smallest absolute Gasteiger partial charge is 0.146 e. The average Bonchev–Trinajstić information content (AvgIpc) is 2.03. The van der Waals surface area contributed by atoms with Gasteiger partial charge in [0.15, 0.2) is 0 Å². The number of rotatable bonds is 2. The predicted molar refractivity (Wildman–Crippen MR) is 45.1 cm³/mol. The molecule has 0 radical (unpaired) electrons. The van der Waals surface area contributed by atoms with E-state index < -0.39 is 21.8 Å². The number of halogens is 1. The van der Waals surface area contributed by atoms with Crippen molar-refractivity contribution in [3.63, 3.8) is 0 Å². The van der Waals surface area contributed by atoms with Crippen molar-refractivity contribution in [2.24, 2.45) is 0 Å². The third-order valence-corrected chi connectivity index (χ3v) is 2.58. The van der Waals surface area contributed by atoms with Crippen molar-refractivity contribution in [3.8, 4) is 0 Å². The van der Waals surface area contributed by atoms with Crippen LogP contribution in [-0.4, -0.2) is 8.42 Å². The molecule has 4 heteroatoms. The molecule has 0 amide bonds. The second-order valence-electron chi connectivity index (χ2n) is 2.52. The summed E-state index contributed by atoms with van der Waals surface area (Å²) in [4.78, 5) is 0. The molecular formula is C8H9FO2S. The summed E-state index contributed by atoms with van der Waals surface area (Å²) in [6, 6.07) is 5.61. The van der Waals surface area contributed by atoms with Crippen LogP contribution in [0.2, 0.25) is 0 Å². The first-order chi connectivity index (χ1) is 5.61. The molecule has 0 aliphatic heterocycles. The highest BCUT2D eigenvalue weighted by atomic mass is 32.2. The fourth-order valence-electron chi connectivity index (χ4n) is 0.888. The largest absolute Gasteiger partial charge is 0.231 e. The van der Waals surface area contributed by atoms with E-state index in [9.17, 15) is 12.8 Å². The Morgan fingerprint density at radius 3 is 2.58 bits per heavy atom. The summed E-state index contributed by atoms with van der Waals surface area (Å²) < 4.78 is 33.6. The second kappa shape index (κ2) is 3.67. The Hall–Kier alpha value is -0.900. The van der Waals surface area contributed by atoms with Crippen molar-refractivity contribution >= 4 is 10.7 Å². The van der Waals surface area contributed by atoms with Crippen molar-refractivity contribution in [2.45, 2.75) is 12.2 Å². The molecule has 0 aromatic heterocycles. The van der Waals surface area contributed by atoms with Crippen LogP contribution in [0.3, 0.4) is 0 Å². The topological polar surface area (TPSA) is 34.1 Å². The first-order valence-electron chi connectivity index (χ1n) is 3.50. The van der Waals surface area contributed by atoms with Crippen molar-refractivity contribution in [2.75, 3.05) is 0 Å². The van der Waals surface area contributed by atoms with E-state index in [1.54, 1.807) is 6.07 Å². The van der Waals surface area contributed by atoms with Crippen LogP contribution in [0.1, 0.15) is 17.7 Å². The summed E-state index contributed by atoms with van der Waals surface area (Å²) in [7, 11) is -2.52. The molecule has 1 unspecified atom stereocenters. The van der Waals surface area contributed by atoms with Crippen molar-refractivity contribution in [1.82, 2.24) is 0 Å². The lowest BCUT2D eigenvalue weighted by Gasteiger charge is -2.02. The molecule has 1 aromatic carbocycles. The molecule has 0 saturated heterocycles. The zero-order valence-corrected chi connectivity index (χ0v) is 7.42. The molecule has 0 N–H and O–H groups in total. The van der Waals surface area contributed by atoms with E-state index >= 15 is 0 Å². The minimum Gasteiger partial charge on any atom is -0.231 e. The zero-order chi connectivity index (χ0) is 9.14. The van der Waals surface area contributed by atoms with E-state index in [1.807, 2.05) is 0 Å². The summed E-state index contributed by atoms with van der Waals surface area (Å²) in [5.41, 5.74) is 0.492. The molecule has 12 heavy (non-hydrogen) atoms. The second-order valence-corrected chi connectivity index (χ2v) is 3.86. The average molecular weight is 188 g/mol. The summed E-state index contributed by atoms with van der Waals surface area (Å²) >= 11 is 0. The molecule has 0 aliphatic rings. The number of hydrogen-bond acceptors (Lipinski definition) is 2. The van der Waals surface area contributed by atoms with Crippen molar-refractivity contribution < 1.29 is 12.8 Å². The van der Waals surface area contributed by atoms with Gasteiger partial charge in [-0.3, -0.25) is 0 Å². The highest BCUT2D eigenvalue weighted by Gasteiger charge is 2.07. The van der Waals surface area contributed by atoms with Gasteiger partial charge in [0, 0.05) is 0 Å². The molecule has 0 fully saturated rings. The fourth-order valence-corrected chi connectivity index (χ4v) is 1.29. The first-order valence-corrected chi connectivity index (χ1v) is 4.75. The molecule has 0 aliphatic carbocycles. The molecule has 0 heterocycles. The van der Waals surface area contributed by atoms with Gasteiger partial charge in [0.25, 0.3) is 0 Å². The Morgan fingerprint density at radius 1 is 1.42 bits per heavy atom. The van der Waals surface area contributed by atoms with Gasteiger partial charge in [0.05, 0.1) is 5.25 Å². The van der Waals surface area contributed by atoms with E-state index in [2.05, 4.69) is 0 Å². The van der Waals surface area contributed by atoms with Gasteiger partial charge in [-0.05, 0) is 24.6 Å². The van der Waals surface area contributed by atoms with Gasteiger partial charge < -0.3 is 0 Å². The van der Waals surface area contributed by atoms with E-state index in [-0.39, 0.29) is 0 Å². The molecular weight excluding hydrogens is 179 g/mol. The summed E-state index contributed by atoms with van der Waals surface area (Å²) in [5, 5.41) is -0.615. The normalized spacial score (nSPS) is 13.2. The van der Waals surface area contributed by atoms with Crippen LogP contribution < -0.4 is 0 Å². The predicted octanol–water partition coefficient (Wildman–Crippen LogP) is 1.50. The lowest BCUT2D eigenvalue weighted by Crippen LogP contribution is -1.95. The van der Waals surface area contributed by atoms with Crippen molar-refractivity contribution in [3.05, 3.63) is 35.6 Å². The zero-order valence-electron chi connectivity index (χ0n) is 6.53. The molecule has 66 valence electrons. The van der Waals surface area contributed by atoms with Crippen molar-refractivity contribution in [1.29, 1.82) is 0 Å². The third-order valence-electron chi connectivity index (χ3n) is 1.65. The quantitative estimate of drug-likeness (QED) is 0.713. The summed E-state index contributed by atoms with van der Waals surface area (Å²) in [6.07, 6.45) is 0. The minimum atomic E-state index is -2.52. The van der Waals surface area contributed by atoms with Crippen LogP contribution in [0.25, 0.3) is 0 Å². The molecule has 1 rings (SSSR count). The Bertz CT molecular complexity index is 339. The fraction of sp³-hybridized carbons (Fsp3) is 0.250. The van der Waals surface area contributed by atoms with Crippen LogP contribution in [-0.2, 0) is 10.7 Å². The number of thiol groups is 1. The van der Waals surface area contributed by atoms with Crippen LogP contribution in [0.4, 0.5) is 4.39 Å². The van der Waals surface area contributed by atoms with Crippen LogP contribution in [0.15, 0.2) is 24.3 Å². The van der Waals surface area contributed by atoms with Gasteiger partial charge in [0.2, 0.25) is 0 Å². The monoisotopic (exact) mass is 188 g/mol. The van der Waals surface area contributed by atoms with E-state index in [0.717, 1.165) is 0 Å². The molecule has 1 aromatic rings. The van der Waals surface area contributed by atoms with Gasteiger partial charge >= 0.3 is 0 Å². The standard InChI is InChI=1S/C8H9FO2S/c1-6(12(10)11)7-3-2-4-8(9)5-7/h2-6,12H,1H3. The first kappa shape index (κ1) is 9.19. The molecule has 2 nitrogen and oxygen atoms in total. The van der Waals surface area contributed by atoms with Crippen LogP contribution in [0.5, 0.6) is 0 Å². The van der Waals surface area contributed by atoms with E-state index in [0.29, 0.717) is 5.56 Å². The molecule has 0 bridgehead atoms.